The fourth-order valence-electron chi connectivity index (χ4n) is 15.2. The summed E-state index contributed by atoms with van der Waals surface area (Å²) in [6.07, 6.45) is 13.8. The molecule has 6 aromatic carbocycles. The van der Waals surface area contributed by atoms with Crippen LogP contribution in [0.25, 0.3) is 132 Å². The Morgan fingerprint density at radius 2 is 0.754 bits per heavy atom. The van der Waals surface area contributed by atoms with Crippen molar-refractivity contribution < 1.29 is 57.4 Å². The molecule has 0 saturated carbocycles. The van der Waals surface area contributed by atoms with Gasteiger partial charge in [-0.2, -0.15) is 0 Å². The molecule has 0 bridgehead atoms. The number of halogens is 4. The normalized spacial score (nSPS) is 11.7. The molecule has 134 heavy (non-hydrogen) atoms. The van der Waals surface area contributed by atoms with E-state index >= 15 is 0 Å². The third-order valence-electron chi connectivity index (χ3n) is 21.5. The van der Waals surface area contributed by atoms with E-state index in [9.17, 15) is 67.0 Å². The van der Waals surface area contributed by atoms with Gasteiger partial charge in [0, 0.05) is 136 Å². The summed E-state index contributed by atoms with van der Waals surface area (Å²) in [5.41, 5.74) is 15.2. The summed E-state index contributed by atoms with van der Waals surface area (Å²) in [6.45, 7) is 18.7. The smallest absolute Gasteiger partial charge is 0.339 e. The molecule has 12 aromatic heterocycles. The molecule has 0 unspecified atom stereocenters. The van der Waals surface area contributed by atoms with Crippen molar-refractivity contribution in [1.29, 1.82) is 0 Å². The van der Waals surface area contributed by atoms with Crippen LogP contribution in [0.5, 0.6) is 0 Å². The van der Waals surface area contributed by atoms with E-state index in [1.807, 2.05) is 143 Å². The first-order valence-corrected chi connectivity index (χ1v) is 52.7. The predicted octanol–water partition coefficient (Wildman–Crippen LogP) is 20.8. The van der Waals surface area contributed by atoms with Gasteiger partial charge in [0.1, 0.15) is 39.1 Å². The lowest BCUT2D eigenvalue weighted by Gasteiger charge is -2.13. The zero-order valence-corrected chi connectivity index (χ0v) is 80.6. The van der Waals surface area contributed by atoms with E-state index in [4.69, 9.17) is 11.6 Å². The Morgan fingerprint density at radius 3 is 1.14 bits per heavy atom. The van der Waals surface area contributed by atoms with Gasteiger partial charge in [-0.1, -0.05) is 156 Å². The van der Waals surface area contributed by atoms with Crippen molar-refractivity contribution in [3.8, 4) is 44.5 Å². The second kappa shape index (κ2) is 41.3. The molecular formula is C97H91Cl4N12O16PS4. The van der Waals surface area contributed by atoms with Gasteiger partial charge in [-0.05, 0) is 190 Å². The molecule has 0 aliphatic heterocycles. The number of aromatic nitrogens is 12. The molecule has 0 fully saturated rings. The average Bonchev–Trinajstić information content (AvgIpc) is 1.56. The third-order valence-corrected chi connectivity index (χ3v) is 28.7. The molecule has 692 valence electrons. The van der Waals surface area contributed by atoms with Gasteiger partial charge in [0.25, 0.3) is 16.7 Å². The van der Waals surface area contributed by atoms with Crippen LogP contribution in [0.2, 0.25) is 5.15 Å². The summed E-state index contributed by atoms with van der Waals surface area (Å²) >= 11 is 20.1. The van der Waals surface area contributed by atoms with Crippen molar-refractivity contribution in [3.63, 3.8) is 0 Å². The van der Waals surface area contributed by atoms with Crippen LogP contribution in [-0.4, -0.2) is 133 Å². The first kappa shape index (κ1) is 100. The number of benzene rings is 6. The number of carbonyl (C=O) groups excluding carboxylic acids is 3. The molecule has 0 aliphatic carbocycles. The van der Waals surface area contributed by atoms with E-state index in [2.05, 4.69) is 83.3 Å². The molecule has 12 heterocycles. The largest absolute Gasteiger partial charge is 0.394 e. The first-order valence-electron chi connectivity index (χ1n) is 41.3. The molecular weight excluding hydrogens is 1890 g/mol. The standard InChI is InChI=1S/C28H25N3O4S.C26H23N3O3S.C19H16ClN3O2S.C19H17N3O3S.C4H6O3.CH4.Cl3OP/c1-4-36(34,35)22-12-8-11-21(14-22)24-17-30(16-20-9-6-5-7-10-20)28(33)26-25(24)23-13-18(2)15-29-27(23)31(26)19(3)32;1-3-33(31,32)20-11-7-10-19(13-20)22-16-29(15-18-8-5-4-6-9-18)26(30)24-23(22)21-12-17(2)14-27-25(21)28-24;1-3-26(24,25)13-6-4-5-12(8-13)15-10-21-18(20)17-16(15)14-7-11(2)9-22-19(14)23-17;1-3-26(24,25)13-6-4-5-12(8-13)15-10-21-19(23)17-16(15)14-7-11(2)9-20-18(14)22-17;1-3(5)7-4(2)6;;1-5(2,3)4/h5-15,17H,4,16H2,1-3H3;4-14,16H,3,15H2,1-2H3,(H,27,28);4-10H,3H2,1-2H3,(H,22,23);4-10H,3H2,1-2H3,(H,20,22)(H,21,23);1-2H3;1H4;. The van der Waals surface area contributed by atoms with E-state index in [-0.39, 0.29) is 73.2 Å². The predicted molar refractivity (Wildman–Crippen MR) is 533 cm³/mol. The number of aryl methyl sites for hydroxylation is 4. The van der Waals surface area contributed by atoms with Crippen LogP contribution in [0.15, 0.2) is 266 Å². The van der Waals surface area contributed by atoms with Gasteiger partial charge in [-0.15, -0.1) is 0 Å². The van der Waals surface area contributed by atoms with Crippen molar-refractivity contribution in [2.75, 3.05) is 23.0 Å². The molecule has 0 atom stereocenters. The number of H-pyrrole nitrogens is 4. The van der Waals surface area contributed by atoms with Crippen molar-refractivity contribution >= 4 is 195 Å². The number of rotatable bonds is 16. The average molecular weight is 1980 g/mol. The van der Waals surface area contributed by atoms with Crippen LogP contribution in [0, 0.1) is 27.7 Å². The first-order chi connectivity index (χ1) is 63.0. The van der Waals surface area contributed by atoms with E-state index in [1.54, 1.807) is 153 Å². The zero-order chi connectivity index (χ0) is 96.1. The number of sulfone groups is 4. The van der Waals surface area contributed by atoms with E-state index in [1.165, 1.54) is 25.3 Å². The summed E-state index contributed by atoms with van der Waals surface area (Å²) in [5, 5.41) is 3.38. The Labute approximate surface area is 790 Å². The van der Waals surface area contributed by atoms with Crippen LogP contribution < -0.4 is 16.7 Å². The Hall–Kier alpha value is -12.9. The molecule has 18 rings (SSSR count). The quantitative estimate of drug-likeness (QED) is 0.0302. The second-order valence-corrected chi connectivity index (χ2v) is 47.0. The zero-order valence-electron chi connectivity index (χ0n) is 73.4. The monoisotopic (exact) mass is 1980 g/mol. The van der Waals surface area contributed by atoms with Crippen LogP contribution in [0.4, 0.5) is 0 Å². The lowest BCUT2D eigenvalue weighted by Crippen LogP contribution is -2.24. The number of aromatic amines is 4. The lowest BCUT2D eigenvalue weighted by molar-refractivity contribution is -0.156. The Kier molecular flexibility index (Phi) is 30.9. The Morgan fingerprint density at radius 1 is 0.410 bits per heavy atom. The number of pyridine rings is 8. The molecule has 18 aromatic rings. The molecule has 0 amide bonds. The van der Waals surface area contributed by atoms with Crippen LogP contribution in [0.3, 0.4) is 0 Å². The highest BCUT2D eigenvalue weighted by molar-refractivity contribution is 8.24. The molecule has 0 radical (unpaired) electrons. The molecule has 0 aliphatic rings. The third kappa shape index (κ3) is 22.3. The number of fused-ring (bicyclic) bond motifs is 12. The fourth-order valence-corrected chi connectivity index (χ4v) is 19.1. The molecule has 0 saturated heterocycles. The number of ether oxygens (including phenoxy) is 1. The Bertz CT molecular complexity index is 8390. The van der Waals surface area contributed by atoms with Crippen LogP contribution in [-0.2, 0) is 71.3 Å². The van der Waals surface area contributed by atoms with Gasteiger partial charge in [0.15, 0.2) is 44.5 Å². The lowest BCUT2D eigenvalue weighted by atomic mass is 10.0. The molecule has 37 heteroatoms. The highest BCUT2D eigenvalue weighted by atomic mass is 36.0. The minimum Gasteiger partial charge on any atom is -0.394 e. The minimum absolute atomic E-state index is 0. The SMILES string of the molecule is C.CC(=O)OC(C)=O.CCS(=O)(=O)c1cccc(-c2c[nH]c(=O)c3[nH]c4ncc(C)cc4c23)c1.CCS(=O)(=O)c1cccc(-c2cn(Cc3ccccc3)c(=O)c3[nH]c4ncc(C)cc4c23)c1.CCS(=O)(=O)c1cccc(-c2cn(Cc3ccccc3)c(=O)c3c2c2cc(C)cnc2n3C(C)=O)c1.CCS(=O)(=O)c1cccc(-c2cnc(Cl)c3[nH]c4ncc(C)cc4c23)c1.O=P(Cl)(Cl)Cl. The number of hydrogen-bond acceptors (Lipinski definition) is 21. The summed E-state index contributed by atoms with van der Waals surface area (Å²) < 4.78 is 117. The number of carbonyl (C=O) groups is 3. The summed E-state index contributed by atoms with van der Waals surface area (Å²) in [7, 11) is -13.4. The van der Waals surface area contributed by atoms with Gasteiger partial charge >= 0.3 is 17.1 Å². The van der Waals surface area contributed by atoms with Crippen LogP contribution in [0.1, 0.15) is 94.1 Å². The van der Waals surface area contributed by atoms with Crippen molar-refractivity contribution in [1.82, 2.24) is 58.6 Å². The van der Waals surface area contributed by atoms with Gasteiger partial charge in [-0.25, -0.2) is 58.6 Å². The minimum atomic E-state index is -3.45. The van der Waals surface area contributed by atoms with E-state index in [0.29, 0.717) is 78.5 Å². The fraction of sp³-hybridized carbons (Fsp3) is 0.186. The van der Waals surface area contributed by atoms with Gasteiger partial charge < -0.3 is 33.8 Å². The maximum Gasteiger partial charge on any atom is 0.339 e. The molecule has 0 spiro atoms. The van der Waals surface area contributed by atoms with Gasteiger partial charge in [-0.3, -0.25) is 37.9 Å². The van der Waals surface area contributed by atoms with Gasteiger partial charge in [0.05, 0.1) is 61.2 Å². The Balaban J connectivity index is 0.000000155. The summed E-state index contributed by atoms with van der Waals surface area (Å²) in [5.74, 6) is -1.36. The van der Waals surface area contributed by atoms with Crippen molar-refractivity contribution in [3.05, 3.63) is 301 Å². The number of nitrogens with one attached hydrogen (secondary N) is 4. The number of nitrogens with zero attached hydrogens (tertiary/aromatic N) is 8. The van der Waals surface area contributed by atoms with Crippen molar-refractivity contribution in [2.24, 2.45) is 0 Å². The topological polar surface area (TPSA) is 408 Å². The summed E-state index contributed by atoms with van der Waals surface area (Å²) in [4.78, 5) is 107. The van der Waals surface area contributed by atoms with E-state index < -0.39 is 56.5 Å². The number of hydrogen-bond donors (Lipinski definition) is 4. The van der Waals surface area contributed by atoms with Crippen molar-refractivity contribution in [2.45, 2.75) is 116 Å². The molecule has 4 N–H and O–H groups in total. The summed E-state index contributed by atoms with van der Waals surface area (Å²) in [6, 6.07) is 54.6. The maximum absolute atomic E-state index is 13.8. The highest BCUT2D eigenvalue weighted by Crippen LogP contribution is 2.61. The highest BCUT2D eigenvalue weighted by Gasteiger charge is 2.27. The molecule has 28 nitrogen and oxygen atoms in total. The van der Waals surface area contributed by atoms with Crippen LogP contribution >= 0.6 is 50.5 Å². The number of esters is 2. The second-order valence-electron chi connectivity index (χ2n) is 30.9. The maximum atomic E-state index is 13.8. The van der Waals surface area contributed by atoms with E-state index in [0.717, 1.165) is 105 Å². The van der Waals surface area contributed by atoms with Gasteiger partial charge in [0.2, 0.25) is 5.91 Å².